The van der Waals surface area contributed by atoms with E-state index >= 15 is 4.39 Å². The largest absolute Gasteiger partial charge is 0.383 e. The number of aromatic nitrogens is 7. The smallest absolute Gasteiger partial charge is 0.249 e. The minimum atomic E-state index is -0.547. The molecule has 1 saturated carbocycles. The van der Waals surface area contributed by atoms with Crippen LogP contribution in [0.1, 0.15) is 108 Å². The first-order valence-electron chi connectivity index (χ1n) is 23.3. The second kappa shape index (κ2) is 19.6. The number of nitrogens with two attached hydrogens (primary N) is 1. The van der Waals surface area contributed by atoms with Gasteiger partial charge in [-0.15, -0.1) is 5.10 Å². The molecule has 4 aromatic heterocycles. The standard InChI is InChI=1S/C46H59FN14O4/c1-28(2)61-45-40(44(48)50-27-51-45)41(56-61)42-39(43(65-57-42)29-9-10-29)34-13-11-31(54-55-34)25-49-32-17-19-60(26-32)38(63)8-6-4-3-5-7-18-58-20-22-59(23-21-58)36-15-12-30(24-33(36)47)52-35-14-16-37(62)53-46(35)64/h11-13,15,24,27-29,32,35,49,52H,3-10,14,16-23,25-26H2,1-2H3,(H2,48,50,51)(H,53,62,64). The van der Waals surface area contributed by atoms with Crippen LogP contribution in [0, 0.1) is 5.82 Å². The first-order chi connectivity index (χ1) is 31.6. The number of carbonyl (C=O) groups excluding carboxylic acids is 3. The maximum Gasteiger partial charge on any atom is 0.249 e. The van der Waals surface area contributed by atoms with E-state index in [2.05, 4.69) is 51.1 Å². The van der Waals surface area contributed by atoms with Gasteiger partial charge in [-0.25, -0.2) is 19.0 Å². The molecule has 1 aromatic carbocycles. The maximum atomic E-state index is 15.1. The maximum absolute atomic E-state index is 15.1. The van der Waals surface area contributed by atoms with Gasteiger partial charge in [-0.3, -0.25) is 24.6 Å². The van der Waals surface area contributed by atoms with Crippen molar-refractivity contribution >= 4 is 45.9 Å². The highest BCUT2D eigenvalue weighted by molar-refractivity contribution is 6.02. The van der Waals surface area contributed by atoms with Crippen molar-refractivity contribution in [1.82, 2.24) is 55.5 Å². The number of piperazine rings is 1. The van der Waals surface area contributed by atoms with Crippen molar-refractivity contribution in [3.63, 3.8) is 0 Å². The minimum absolute atomic E-state index is 0.0411. The third-order valence-corrected chi connectivity index (χ3v) is 13.1. The van der Waals surface area contributed by atoms with Crippen LogP contribution in [-0.2, 0) is 20.9 Å². The summed E-state index contributed by atoms with van der Waals surface area (Å²) in [7, 11) is 0. The number of rotatable bonds is 18. The number of halogens is 1. The third-order valence-electron chi connectivity index (χ3n) is 13.1. The van der Waals surface area contributed by atoms with E-state index in [4.69, 9.17) is 15.4 Å². The lowest BCUT2D eigenvalue weighted by molar-refractivity contribution is -0.134. The third kappa shape index (κ3) is 10.1. The Kier molecular flexibility index (Phi) is 13.3. The van der Waals surface area contributed by atoms with Crippen molar-refractivity contribution < 1.29 is 23.3 Å². The van der Waals surface area contributed by atoms with Crippen LogP contribution >= 0.6 is 0 Å². The Hall–Kier alpha value is -6.08. The number of hydrogen-bond donors (Lipinski definition) is 4. The Bertz CT molecular complexity index is 2500. The van der Waals surface area contributed by atoms with Gasteiger partial charge in [0.2, 0.25) is 17.7 Å². The summed E-state index contributed by atoms with van der Waals surface area (Å²) in [6.07, 6.45) is 10.9. The zero-order valence-corrected chi connectivity index (χ0v) is 37.3. The fraction of sp³-hybridized carbons (Fsp3) is 0.543. The molecule has 65 heavy (non-hydrogen) atoms. The Morgan fingerprint density at radius 2 is 1.77 bits per heavy atom. The highest BCUT2D eigenvalue weighted by Gasteiger charge is 2.36. The zero-order chi connectivity index (χ0) is 45.0. The van der Waals surface area contributed by atoms with Crippen LogP contribution in [0.4, 0.5) is 21.6 Å². The molecule has 2 atom stereocenters. The van der Waals surface area contributed by atoms with Crippen molar-refractivity contribution in [1.29, 1.82) is 0 Å². The second-order valence-electron chi connectivity index (χ2n) is 18.2. The van der Waals surface area contributed by atoms with Gasteiger partial charge in [-0.05, 0) is 89.2 Å². The van der Waals surface area contributed by atoms with Crippen LogP contribution < -0.4 is 26.6 Å². The first-order valence-corrected chi connectivity index (χ1v) is 23.3. The van der Waals surface area contributed by atoms with E-state index in [1.807, 2.05) is 35.6 Å². The molecular formula is C46H59FN14O4. The Morgan fingerprint density at radius 3 is 2.52 bits per heavy atom. The summed E-state index contributed by atoms with van der Waals surface area (Å²) < 4.78 is 22.9. The van der Waals surface area contributed by atoms with E-state index in [1.54, 1.807) is 12.1 Å². The van der Waals surface area contributed by atoms with Crippen LogP contribution in [0.15, 0.2) is 41.2 Å². The highest BCUT2D eigenvalue weighted by atomic mass is 19.1. The molecule has 3 aliphatic heterocycles. The number of likely N-dealkylation sites (tertiary alicyclic amines) is 1. The number of nitrogens with zero attached hydrogens (tertiary/aromatic N) is 10. The van der Waals surface area contributed by atoms with Crippen molar-refractivity contribution in [3.05, 3.63) is 53.9 Å². The van der Waals surface area contributed by atoms with Gasteiger partial charge in [0, 0.05) is 82.3 Å². The number of amides is 3. The molecule has 5 aromatic rings. The van der Waals surface area contributed by atoms with Gasteiger partial charge in [0.15, 0.2) is 5.65 Å². The molecule has 0 spiro atoms. The highest BCUT2D eigenvalue weighted by Crippen LogP contribution is 2.48. The number of fused-ring (bicyclic) bond motifs is 1. The molecule has 2 unspecified atom stereocenters. The number of piperidine rings is 1. The lowest BCUT2D eigenvalue weighted by atomic mass is 10.0. The lowest BCUT2D eigenvalue weighted by Gasteiger charge is -2.36. The van der Waals surface area contributed by atoms with Gasteiger partial charge in [0.1, 0.15) is 41.2 Å². The van der Waals surface area contributed by atoms with E-state index in [0.717, 1.165) is 108 Å². The Balaban J connectivity index is 0.667. The fourth-order valence-electron chi connectivity index (χ4n) is 9.25. The van der Waals surface area contributed by atoms with Crippen molar-refractivity contribution in [2.24, 2.45) is 0 Å². The normalized spacial score (nSPS) is 19.4. The molecular weight excluding hydrogens is 832 g/mol. The number of imide groups is 1. The molecule has 7 heterocycles. The molecule has 3 amide bonds. The number of nitrogens with one attached hydrogen (secondary N) is 3. The van der Waals surface area contributed by atoms with Crippen LogP contribution in [0.5, 0.6) is 0 Å². The Labute approximate surface area is 377 Å². The summed E-state index contributed by atoms with van der Waals surface area (Å²) in [6, 6.07) is 8.61. The molecule has 1 aliphatic carbocycles. The van der Waals surface area contributed by atoms with Gasteiger partial charge < -0.3 is 30.7 Å². The van der Waals surface area contributed by atoms with Crippen molar-refractivity contribution in [3.8, 4) is 22.6 Å². The Morgan fingerprint density at radius 1 is 0.954 bits per heavy atom. The number of unbranched alkanes of at least 4 members (excludes halogenated alkanes) is 4. The molecule has 4 fully saturated rings. The number of benzene rings is 1. The summed E-state index contributed by atoms with van der Waals surface area (Å²) in [4.78, 5) is 51.8. The number of nitrogen functional groups attached to an aromatic ring is 1. The summed E-state index contributed by atoms with van der Waals surface area (Å²) >= 11 is 0. The molecule has 0 bridgehead atoms. The SMILES string of the molecule is CC(C)n1nc(-c2noc(C3CC3)c2-c2ccc(CNC3CCN(C(=O)CCCCCCCN4CCN(c5ccc(NC6CCC(=O)NC6=O)cc5F)CC4)C3)nn2)c2c(N)ncnc21. The van der Waals surface area contributed by atoms with Crippen LogP contribution in [0.2, 0.25) is 0 Å². The van der Waals surface area contributed by atoms with Crippen molar-refractivity contribution in [2.45, 2.75) is 115 Å². The average Bonchev–Trinajstić information content (AvgIpc) is 3.66. The summed E-state index contributed by atoms with van der Waals surface area (Å²) in [5.41, 5.74) is 11.5. The molecule has 9 rings (SSSR count). The van der Waals surface area contributed by atoms with E-state index in [-0.39, 0.29) is 48.0 Å². The van der Waals surface area contributed by atoms with Crippen LogP contribution in [0.25, 0.3) is 33.7 Å². The van der Waals surface area contributed by atoms with Gasteiger partial charge in [-0.1, -0.05) is 24.4 Å². The van der Waals surface area contributed by atoms with E-state index in [9.17, 15) is 14.4 Å². The molecule has 3 saturated heterocycles. The van der Waals surface area contributed by atoms with Crippen molar-refractivity contribution in [2.75, 3.05) is 61.8 Å². The molecule has 4 aliphatic rings. The van der Waals surface area contributed by atoms with Gasteiger partial charge >= 0.3 is 0 Å². The minimum Gasteiger partial charge on any atom is -0.383 e. The number of anilines is 3. The molecule has 5 N–H and O–H groups in total. The van der Waals surface area contributed by atoms with E-state index in [1.165, 1.54) is 12.4 Å². The quantitative estimate of drug-likeness (QED) is 0.0658. The predicted octanol–water partition coefficient (Wildman–Crippen LogP) is 5.19. The monoisotopic (exact) mass is 890 g/mol. The molecule has 18 nitrogen and oxygen atoms in total. The topological polar surface area (TPSA) is 218 Å². The predicted molar refractivity (Wildman–Crippen MR) is 243 cm³/mol. The molecule has 344 valence electrons. The van der Waals surface area contributed by atoms with Gasteiger partial charge in [0.05, 0.1) is 28.0 Å². The van der Waals surface area contributed by atoms with E-state index in [0.29, 0.717) is 71.2 Å². The van der Waals surface area contributed by atoms with Gasteiger partial charge in [-0.2, -0.15) is 10.2 Å². The lowest BCUT2D eigenvalue weighted by Crippen LogP contribution is -2.47. The summed E-state index contributed by atoms with van der Waals surface area (Å²) in [6.45, 7) is 10.3. The number of carbonyl (C=O) groups is 3. The summed E-state index contributed by atoms with van der Waals surface area (Å²) in [5.74, 6) is 0.634. The number of hydrogen-bond acceptors (Lipinski definition) is 15. The summed E-state index contributed by atoms with van der Waals surface area (Å²) in [5, 5.41) is 28.2. The van der Waals surface area contributed by atoms with Gasteiger partial charge in [0.25, 0.3) is 0 Å². The molecule has 0 radical (unpaired) electrons. The second-order valence-corrected chi connectivity index (χ2v) is 18.2. The van der Waals surface area contributed by atoms with Crippen LogP contribution in [-0.4, -0.2) is 121 Å². The fourth-order valence-corrected chi connectivity index (χ4v) is 9.25. The zero-order valence-electron chi connectivity index (χ0n) is 37.3. The average molecular weight is 891 g/mol. The van der Waals surface area contributed by atoms with E-state index < -0.39 is 6.04 Å². The van der Waals surface area contributed by atoms with Crippen LogP contribution in [0.3, 0.4) is 0 Å². The first kappa shape index (κ1) is 44.1. The molecule has 19 heteroatoms.